The third-order valence-corrected chi connectivity index (χ3v) is 4.18. The zero-order valence-electron chi connectivity index (χ0n) is 11.0. The Kier molecular flexibility index (Phi) is 4.05. The third kappa shape index (κ3) is 2.80. The molecule has 2 fully saturated rings. The first kappa shape index (κ1) is 12.8. The van der Waals surface area contributed by atoms with Crippen molar-refractivity contribution in [2.75, 3.05) is 26.7 Å². The summed E-state index contributed by atoms with van der Waals surface area (Å²) < 4.78 is 5.69. The molecule has 1 N–H and O–H groups in total. The molecule has 0 aliphatic carbocycles. The number of nitrogens with zero attached hydrogens (tertiary/aromatic N) is 1. The molecule has 4 nitrogen and oxygen atoms in total. The monoisotopic (exact) mass is 240 g/mol. The maximum atomic E-state index is 12.2. The predicted molar refractivity (Wildman–Crippen MR) is 66.9 cm³/mol. The molecule has 1 atom stereocenters. The van der Waals surface area contributed by atoms with E-state index in [0.717, 1.165) is 51.7 Å². The number of carbonyl (C=O) groups is 1. The van der Waals surface area contributed by atoms with Crippen molar-refractivity contribution >= 4 is 5.97 Å². The minimum absolute atomic E-state index is 0.0212. The van der Waals surface area contributed by atoms with E-state index in [9.17, 15) is 4.79 Å². The minimum atomic E-state index is -0.386. The van der Waals surface area contributed by atoms with Crippen molar-refractivity contribution in [1.29, 1.82) is 0 Å². The molecule has 0 radical (unpaired) electrons. The van der Waals surface area contributed by atoms with Crippen molar-refractivity contribution in [3.8, 4) is 0 Å². The molecule has 2 rings (SSSR count). The molecular weight excluding hydrogens is 216 g/mol. The second-order valence-corrected chi connectivity index (χ2v) is 5.37. The van der Waals surface area contributed by atoms with Crippen molar-refractivity contribution in [2.45, 2.75) is 50.7 Å². The van der Waals surface area contributed by atoms with Crippen molar-refractivity contribution < 1.29 is 9.53 Å². The number of likely N-dealkylation sites (tertiary alicyclic amines) is 1. The average molecular weight is 240 g/mol. The molecule has 1 unspecified atom stereocenters. The lowest BCUT2D eigenvalue weighted by atomic mass is 9.94. The molecule has 0 aromatic heterocycles. The Hall–Kier alpha value is -0.610. The average Bonchev–Trinajstić information content (AvgIpc) is 2.82. The van der Waals surface area contributed by atoms with Crippen LogP contribution in [0.3, 0.4) is 0 Å². The minimum Gasteiger partial charge on any atom is -0.461 e. The van der Waals surface area contributed by atoms with E-state index < -0.39 is 0 Å². The first-order valence-corrected chi connectivity index (χ1v) is 6.81. The molecule has 2 aliphatic heterocycles. The van der Waals surface area contributed by atoms with Crippen LogP contribution in [0.1, 0.15) is 39.0 Å². The molecule has 2 heterocycles. The van der Waals surface area contributed by atoms with Gasteiger partial charge in [-0.05, 0) is 45.7 Å². The Morgan fingerprint density at radius 3 is 2.71 bits per heavy atom. The van der Waals surface area contributed by atoms with Crippen LogP contribution in [0.15, 0.2) is 0 Å². The number of hydrogen-bond acceptors (Lipinski definition) is 4. The van der Waals surface area contributed by atoms with Gasteiger partial charge in [-0.15, -0.1) is 0 Å². The van der Waals surface area contributed by atoms with E-state index in [0.29, 0.717) is 0 Å². The summed E-state index contributed by atoms with van der Waals surface area (Å²) in [5.74, 6) is -0.0212. The van der Waals surface area contributed by atoms with Crippen LogP contribution < -0.4 is 5.32 Å². The van der Waals surface area contributed by atoms with Gasteiger partial charge < -0.3 is 15.0 Å². The maximum absolute atomic E-state index is 12.2. The zero-order chi connectivity index (χ0) is 12.3. The summed E-state index contributed by atoms with van der Waals surface area (Å²) >= 11 is 0. The first-order chi connectivity index (χ1) is 8.16. The lowest BCUT2D eigenvalue weighted by Crippen LogP contribution is -2.50. The van der Waals surface area contributed by atoms with E-state index in [1.807, 2.05) is 0 Å². The number of piperidine rings is 1. The van der Waals surface area contributed by atoms with Crippen molar-refractivity contribution in [2.24, 2.45) is 0 Å². The highest BCUT2D eigenvalue weighted by Crippen LogP contribution is 2.26. The molecule has 0 bridgehead atoms. The SMILES string of the molecule is CCC1(C(=O)OC2CCN(C)CC2)CCCN1. The van der Waals surface area contributed by atoms with Gasteiger partial charge in [-0.3, -0.25) is 4.79 Å². The Morgan fingerprint density at radius 2 is 2.18 bits per heavy atom. The maximum Gasteiger partial charge on any atom is 0.326 e. The fraction of sp³-hybridized carbons (Fsp3) is 0.923. The highest BCUT2D eigenvalue weighted by atomic mass is 16.5. The second kappa shape index (κ2) is 5.36. The van der Waals surface area contributed by atoms with Crippen LogP contribution in [0.4, 0.5) is 0 Å². The Bertz CT molecular complexity index is 267. The number of esters is 1. The van der Waals surface area contributed by atoms with Gasteiger partial charge in [0.15, 0.2) is 0 Å². The van der Waals surface area contributed by atoms with Gasteiger partial charge in [-0.25, -0.2) is 0 Å². The normalized spacial score (nSPS) is 31.6. The molecule has 17 heavy (non-hydrogen) atoms. The van der Waals surface area contributed by atoms with E-state index in [4.69, 9.17) is 4.74 Å². The van der Waals surface area contributed by atoms with Crippen LogP contribution in [0, 0.1) is 0 Å². The van der Waals surface area contributed by atoms with Gasteiger partial charge in [0.25, 0.3) is 0 Å². The lowest BCUT2D eigenvalue weighted by molar-refractivity contribution is -0.159. The molecule has 4 heteroatoms. The first-order valence-electron chi connectivity index (χ1n) is 6.81. The Balaban J connectivity index is 1.87. The largest absolute Gasteiger partial charge is 0.461 e. The number of nitrogens with one attached hydrogen (secondary N) is 1. The fourth-order valence-corrected chi connectivity index (χ4v) is 2.79. The van der Waals surface area contributed by atoms with Crippen LogP contribution in [0.25, 0.3) is 0 Å². The summed E-state index contributed by atoms with van der Waals surface area (Å²) in [6.07, 6.45) is 4.91. The summed E-state index contributed by atoms with van der Waals surface area (Å²) in [5.41, 5.74) is -0.386. The van der Waals surface area contributed by atoms with Crippen molar-refractivity contribution in [3.63, 3.8) is 0 Å². The van der Waals surface area contributed by atoms with Crippen LogP contribution >= 0.6 is 0 Å². The molecule has 0 aromatic carbocycles. The number of ether oxygens (including phenoxy) is 1. The summed E-state index contributed by atoms with van der Waals surface area (Å²) in [6.45, 7) is 5.07. The molecule has 0 spiro atoms. The Morgan fingerprint density at radius 1 is 1.47 bits per heavy atom. The molecular formula is C13H24N2O2. The van der Waals surface area contributed by atoms with Gasteiger partial charge in [0.2, 0.25) is 0 Å². The van der Waals surface area contributed by atoms with Crippen LogP contribution in [0.5, 0.6) is 0 Å². The standard InChI is InChI=1S/C13H24N2O2/c1-3-13(7-4-8-14-13)12(16)17-11-5-9-15(2)10-6-11/h11,14H,3-10H2,1-2H3. The van der Waals surface area contributed by atoms with Gasteiger partial charge in [0.05, 0.1) is 0 Å². The molecule has 98 valence electrons. The van der Waals surface area contributed by atoms with E-state index in [1.165, 1.54) is 0 Å². The number of hydrogen-bond donors (Lipinski definition) is 1. The molecule has 2 saturated heterocycles. The summed E-state index contributed by atoms with van der Waals surface area (Å²) in [7, 11) is 2.12. The number of carbonyl (C=O) groups excluding carboxylic acids is 1. The van der Waals surface area contributed by atoms with E-state index >= 15 is 0 Å². The Labute approximate surface area is 104 Å². The quantitative estimate of drug-likeness (QED) is 0.752. The molecule has 0 aromatic rings. The van der Waals surface area contributed by atoms with Crippen molar-refractivity contribution in [3.05, 3.63) is 0 Å². The molecule has 2 aliphatic rings. The summed E-state index contributed by atoms with van der Waals surface area (Å²) in [4.78, 5) is 14.5. The summed E-state index contributed by atoms with van der Waals surface area (Å²) in [5, 5.41) is 3.33. The summed E-state index contributed by atoms with van der Waals surface area (Å²) in [6, 6.07) is 0. The third-order valence-electron chi connectivity index (χ3n) is 4.18. The highest BCUT2D eigenvalue weighted by Gasteiger charge is 2.41. The van der Waals surface area contributed by atoms with E-state index in [2.05, 4.69) is 24.2 Å². The van der Waals surface area contributed by atoms with Gasteiger partial charge in [-0.1, -0.05) is 6.92 Å². The lowest BCUT2D eigenvalue weighted by Gasteiger charge is -2.32. The van der Waals surface area contributed by atoms with Crippen LogP contribution in [-0.2, 0) is 9.53 Å². The topological polar surface area (TPSA) is 41.6 Å². The van der Waals surface area contributed by atoms with Crippen LogP contribution in [0.2, 0.25) is 0 Å². The highest BCUT2D eigenvalue weighted by molar-refractivity contribution is 5.81. The second-order valence-electron chi connectivity index (χ2n) is 5.37. The van der Waals surface area contributed by atoms with Gasteiger partial charge in [0, 0.05) is 13.1 Å². The fourth-order valence-electron chi connectivity index (χ4n) is 2.79. The van der Waals surface area contributed by atoms with Crippen molar-refractivity contribution in [1.82, 2.24) is 10.2 Å². The van der Waals surface area contributed by atoms with E-state index in [-0.39, 0.29) is 17.6 Å². The zero-order valence-corrected chi connectivity index (χ0v) is 11.0. The predicted octanol–water partition coefficient (Wildman–Crippen LogP) is 1.16. The molecule has 0 saturated carbocycles. The molecule has 0 amide bonds. The van der Waals surface area contributed by atoms with E-state index in [1.54, 1.807) is 0 Å². The van der Waals surface area contributed by atoms with Gasteiger partial charge >= 0.3 is 5.97 Å². The van der Waals surface area contributed by atoms with Gasteiger partial charge in [-0.2, -0.15) is 0 Å². The number of rotatable bonds is 3. The van der Waals surface area contributed by atoms with Gasteiger partial charge in [0.1, 0.15) is 11.6 Å². The smallest absolute Gasteiger partial charge is 0.326 e. The van der Waals surface area contributed by atoms with Crippen LogP contribution in [-0.4, -0.2) is 49.2 Å².